The van der Waals surface area contributed by atoms with E-state index in [-0.39, 0.29) is 30.2 Å². The van der Waals surface area contributed by atoms with E-state index < -0.39 is 6.04 Å². The Morgan fingerprint density at radius 1 is 1.19 bits per heavy atom. The van der Waals surface area contributed by atoms with E-state index in [1.807, 2.05) is 12.1 Å². The molecular formula is C19H24N4O3. The van der Waals surface area contributed by atoms with Gasteiger partial charge in [0.05, 0.1) is 0 Å². The maximum absolute atomic E-state index is 12.7. The number of hydrogen-bond acceptors (Lipinski definition) is 5. The van der Waals surface area contributed by atoms with Crippen LogP contribution in [-0.2, 0) is 22.7 Å². The first-order valence-electron chi connectivity index (χ1n) is 9.25. The summed E-state index contributed by atoms with van der Waals surface area (Å²) in [5, 5.41) is 2.33. The zero-order chi connectivity index (χ0) is 18.3. The number of amides is 3. The molecule has 0 radical (unpaired) electrons. The van der Waals surface area contributed by atoms with E-state index in [4.69, 9.17) is 5.73 Å². The monoisotopic (exact) mass is 356 g/mol. The number of benzene rings is 1. The second-order valence-electron chi connectivity index (χ2n) is 7.53. The highest BCUT2D eigenvalue weighted by molar-refractivity contribution is 6.05. The first-order valence-corrected chi connectivity index (χ1v) is 9.25. The summed E-state index contributed by atoms with van der Waals surface area (Å²) < 4.78 is 0. The lowest BCUT2D eigenvalue weighted by atomic mass is 10.0. The van der Waals surface area contributed by atoms with Crippen LogP contribution in [-0.4, -0.2) is 52.7 Å². The number of rotatable bonds is 3. The summed E-state index contributed by atoms with van der Waals surface area (Å²) >= 11 is 0. The van der Waals surface area contributed by atoms with Gasteiger partial charge in [0.25, 0.3) is 5.91 Å². The zero-order valence-electron chi connectivity index (χ0n) is 14.7. The summed E-state index contributed by atoms with van der Waals surface area (Å²) in [6, 6.07) is 5.60. The highest BCUT2D eigenvalue weighted by Gasteiger charge is 2.39. The van der Waals surface area contributed by atoms with E-state index >= 15 is 0 Å². The molecule has 1 unspecified atom stereocenters. The topological polar surface area (TPSA) is 95.7 Å². The fourth-order valence-electron chi connectivity index (χ4n) is 4.22. The van der Waals surface area contributed by atoms with Gasteiger partial charge in [0.1, 0.15) is 6.04 Å². The molecule has 1 aromatic carbocycles. The minimum Gasteiger partial charge on any atom is -0.327 e. The summed E-state index contributed by atoms with van der Waals surface area (Å²) in [5.74, 6) is -0.761. The molecule has 3 N–H and O–H groups in total. The quantitative estimate of drug-likeness (QED) is 0.763. The van der Waals surface area contributed by atoms with Crippen LogP contribution >= 0.6 is 0 Å². The van der Waals surface area contributed by atoms with Crippen molar-refractivity contribution in [2.45, 2.75) is 50.9 Å². The van der Waals surface area contributed by atoms with Crippen LogP contribution in [0.2, 0.25) is 0 Å². The van der Waals surface area contributed by atoms with E-state index in [0.717, 1.165) is 43.6 Å². The van der Waals surface area contributed by atoms with Gasteiger partial charge in [0, 0.05) is 37.7 Å². The minimum atomic E-state index is -0.559. The molecule has 1 aromatic rings. The summed E-state index contributed by atoms with van der Waals surface area (Å²) in [6.45, 7) is 3.20. The number of nitrogens with two attached hydrogens (primary N) is 1. The molecule has 3 heterocycles. The lowest BCUT2D eigenvalue weighted by Gasteiger charge is -2.30. The largest absolute Gasteiger partial charge is 0.327 e. The second-order valence-corrected chi connectivity index (χ2v) is 7.53. The minimum absolute atomic E-state index is 0.124. The van der Waals surface area contributed by atoms with Crippen LogP contribution in [0.25, 0.3) is 0 Å². The Hall–Kier alpha value is -2.25. The summed E-state index contributed by atoms with van der Waals surface area (Å²) in [6.07, 6.45) is 2.86. The number of fused-ring (bicyclic) bond motifs is 1. The van der Waals surface area contributed by atoms with Gasteiger partial charge in [-0.1, -0.05) is 12.1 Å². The predicted molar refractivity (Wildman–Crippen MR) is 95.0 cm³/mol. The van der Waals surface area contributed by atoms with Crippen molar-refractivity contribution in [2.75, 3.05) is 13.1 Å². The lowest BCUT2D eigenvalue weighted by molar-refractivity contribution is -0.136. The number of hydrogen-bond donors (Lipinski definition) is 2. The number of piperidine rings is 2. The van der Waals surface area contributed by atoms with Gasteiger partial charge >= 0.3 is 0 Å². The highest BCUT2D eigenvalue weighted by atomic mass is 16.2. The Balaban J connectivity index is 1.48. The number of likely N-dealkylation sites (tertiary alicyclic amines) is 1. The van der Waals surface area contributed by atoms with Crippen molar-refractivity contribution < 1.29 is 14.4 Å². The number of nitrogens with one attached hydrogen (secondary N) is 1. The van der Waals surface area contributed by atoms with Gasteiger partial charge in [-0.25, -0.2) is 0 Å². The maximum Gasteiger partial charge on any atom is 0.255 e. The van der Waals surface area contributed by atoms with Crippen LogP contribution in [0, 0.1) is 0 Å². The van der Waals surface area contributed by atoms with Crippen molar-refractivity contribution >= 4 is 17.7 Å². The molecule has 7 heteroatoms. The van der Waals surface area contributed by atoms with E-state index in [0.29, 0.717) is 18.5 Å². The fourth-order valence-corrected chi connectivity index (χ4v) is 4.22. The van der Waals surface area contributed by atoms with Crippen molar-refractivity contribution in [1.29, 1.82) is 0 Å². The Kier molecular flexibility index (Phi) is 4.50. The van der Waals surface area contributed by atoms with Gasteiger partial charge in [-0.05, 0) is 43.0 Å². The van der Waals surface area contributed by atoms with E-state index in [9.17, 15) is 14.4 Å². The van der Waals surface area contributed by atoms with Crippen molar-refractivity contribution in [3.8, 4) is 0 Å². The van der Waals surface area contributed by atoms with Crippen LogP contribution in [0.15, 0.2) is 18.2 Å². The number of imide groups is 1. The van der Waals surface area contributed by atoms with Gasteiger partial charge in [-0.2, -0.15) is 0 Å². The lowest BCUT2D eigenvalue weighted by Crippen LogP contribution is -2.52. The van der Waals surface area contributed by atoms with Crippen LogP contribution in [0.1, 0.15) is 47.2 Å². The molecule has 3 aliphatic rings. The number of nitrogens with zero attached hydrogens (tertiary/aromatic N) is 2. The zero-order valence-corrected chi connectivity index (χ0v) is 14.7. The van der Waals surface area contributed by atoms with E-state index in [1.54, 1.807) is 4.90 Å². The molecule has 0 bridgehead atoms. The van der Waals surface area contributed by atoms with Crippen LogP contribution in [0.5, 0.6) is 0 Å². The van der Waals surface area contributed by atoms with Crippen molar-refractivity contribution in [3.05, 3.63) is 34.9 Å². The third-order valence-corrected chi connectivity index (χ3v) is 5.54. The maximum atomic E-state index is 12.7. The Labute approximate surface area is 152 Å². The molecule has 26 heavy (non-hydrogen) atoms. The molecule has 0 spiro atoms. The Morgan fingerprint density at radius 2 is 2.04 bits per heavy atom. The SMILES string of the molecule is N[C@@H]1CCCN(Cc2ccc3c(c2)CN(C2CCC(=O)NC2=O)C3=O)C1. The number of carbonyl (C=O) groups is 3. The van der Waals surface area contributed by atoms with Crippen molar-refractivity contribution in [3.63, 3.8) is 0 Å². The van der Waals surface area contributed by atoms with Crippen LogP contribution < -0.4 is 11.1 Å². The normalized spacial score (nSPS) is 26.8. The van der Waals surface area contributed by atoms with Gasteiger partial charge in [-0.15, -0.1) is 0 Å². The average molecular weight is 356 g/mol. The van der Waals surface area contributed by atoms with Crippen LogP contribution in [0.4, 0.5) is 0 Å². The molecular weight excluding hydrogens is 332 g/mol. The van der Waals surface area contributed by atoms with Crippen LogP contribution in [0.3, 0.4) is 0 Å². The van der Waals surface area contributed by atoms with Crippen molar-refractivity contribution in [2.24, 2.45) is 5.73 Å². The molecule has 2 saturated heterocycles. The molecule has 0 aliphatic carbocycles. The van der Waals surface area contributed by atoms with Gasteiger partial charge in [0.2, 0.25) is 11.8 Å². The molecule has 0 aromatic heterocycles. The fraction of sp³-hybridized carbons (Fsp3) is 0.526. The second kappa shape index (κ2) is 6.81. The van der Waals surface area contributed by atoms with Gasteiger partial charge in [0.15, 0.2) is 0 Å². The number of carbonyl (C=O) groups excluding carboxylic acids is 3. The summed E-state index contributed by atoms with van der Waals surface area (Å²) in [5.41, 5.74) is 8.84. The smallest absolute Gasteiger partial charge is 0.255 e. The van der Waals surface area contributed by atoms with Gasteiger partial charge < -0.3 is 10.6 Å². The molecule has 2 fully saturated rings. The highest BCUT2D eigenvalue weighted by Crippen LogP contribution is 2.28. The standard InChI is InChI=1S/C19H24N4O3/c20-14-2-1-7-22(11-14)9-12-3-4-15-13(8-12)10-23(19(15)26)16-5-6-17(24)21-18(16)25/h3-4,8,14,16H,1-2,5-7,9-11,20H2,(H,21,24,25)/t14-,16?/m1/s1. The Morgan fingerprint density at radius 3 is 2.81 bits per heavy atom. The predicted octanol–water partition coefficient (Wildman–Crippen LogP) is 0.371. The van der Waals surface area contributed by atoms with Gasteiger partial charge in [-0.3, -0.25) is 24.6 Å². The summed E-state index contributed by atoms with van der Waals surface area (Å²) in [4.78, 5) is 40.1. The molecule has 2 atom stereocenters. The molecule has 3 amide bonds. The first-order chi connectivity index (χ1) is 12.5. The molecule has 3 aliphatic heterocycles. The first kappa shape index (κ1) is 17.2. The molecule has 4 rings (SSSR count). The molecule has 138 valence electrons. The van der Waals surface area contributed by atoms with E-state index in [2.05, 4.69) is 16.3 Å². The molecule has 7 nitrogen and oxygen atoms in total. The molecule has 0 saturated carbocycles. The third-order valence-electron chi connectivity index (χ3n) is 5.54. The third kappa shape index (κ3) is 3.24. The summed E-state index contributed by atoms with van der Waals surface area (Å²) in [7, 11) is 0. The average Bonchev–Trinajstić information content (AvgIpc) is 2.91. The van der Waals surface area contributed by atoms with E-state index in [1.165, 1.54) is 0 Å². The Bertz CT molecular complexity index is 763. The van der Waals surface area contributed by atoms with Crippen molar-refractivity contribution in [1.82, 2.24) is 15.1 Å².